The summed E-state index contributed by atoms with van der Waals surface area (Å²) in [7, 11) is 4.52. The molecule has 8 heteroatoms. The third-order valence-corrected chi connectivity index (χ3v) is 4.55. The standard InChI is InChI=1S/C22H23FN2O5/c1-28-18-10-13(11-19(29-2)21(18)30-3)4-9-20(26)24-15-7-8-16(23)17(12-15)25-22(27)14-5-6-14/h4,7-12,14H,5-6H2,1-3H3,(H,24,26)(H,25,27)/b9-4+. The Kier molecular flexibility index (Phi) is 6.56. The monoisotopic (exact) mass is 414 g/mol. The SMILES string of the molecule is COc1cc(/C=C/C(=O)Nc2ccc(F)c(NC(=O)C3CC3)c2)cc(OC)c1OC. The first-order valence-electron chi connectivity index (χ1n) is 9.34. The number of methoxy groups -OCH3 is 3. The minimum absolute atomic E-state index is 0.0401. The van der Waals surface area contributed by atoms with Crippen LogP contribution in [0.15, 0.2) is 36.4 Å². The average Bonchev–Trinajstić information content (AvgIpc) is 3.59. The Bertz CT molecular complexity index is 960. The molecular formula is C22H23FN2O5. The van der Waals surface area contributed by atoms with Crippen LogP contribution < -0.4 is 24.8 Å². The van der Waals surface area contributed by atoms with E-state index < -0.39 is 11.7 Å². The molecular weight excluding hydrogens is 391 g/mol. The maximum atomic E-state index is 13.9. The number of carbonyl (C=O) groups is 2. The summed E-state index contributed by atoms with van der Waals surface area (Å²) in [6, 6.07) is 7.41. The number of benzene rings is 2. The molecule has 0 aromatic heterocycles. The summed E-state index contributed by atoms with van der Waals surface area (Å²) < 4.78 is 29.8. The Morgan fingerprint density at radius 1 is 1.00 bits per heavy atom. The lowest BCUT2D eigenvalue weighted by Gasteiger charge is -2.12. The molecule has 0 radical (unpaired) electrons. The summed E-state index contributed by atoms with van der Waals surface area (Å²) >= 11 is 0. The summed E-state index contributed by atoms with van der Waals surface area (Å²) in [6.45, 7) is 0. The molecule has 2 aromatic carbocycles. The number of hydrogen-bond donors (Lipinski definition) is 2. The minimum atomic E-state index is -0.560. The quantitative estimate of drug-likeness (QED) is 0.641. The fourth-order valence-electron chi connectivity index (χ4n) is 2.83. The number of ether oxygens (including phenoxy) is 3. The lowest BCUT2D eigenvalue weighted by Crippen LogP contribution is -2.15. The molecule has 0 atom stereocenters. The molecule has 2 amide bonds. The molecule has 3 rings (SSSR count). The molecule has 2 N–H and O–H groups in total. The number of amides is 2. The second-order valence-corrected chi connectivity index (χ2v) is 6.74. The van der Waals surface area contributed by atoms with Gasteiger partial charge in [-0.05, 0) is 54.8 Å². The van der Waals surface area contributed by atoms with Gasteiger partial charge in [0, 0.05) is 17.7 Å². The number of hydrogen-bond acceptors (Lipinski definition) is 5. The van der Waals surface area contributed by atoms with E-state index in [0.29, 0.717) is 28.5 Å². The van der Waals surface area contributed by atoms with Gasteiger partial charge in [0.25, 0.3) is 0 Å². The molecule has 0 spiro atoms. The van der Waals surface area contributed by atoms with Crippen molar-refractivity contribution < 1.29 is 28.2 Å². The summed E-state index contributed by atoms with van der Waals surface area (Å²) in [5.41, 5.74) is 1.07. The van der Waals surface area contributed by atoms with E-state index in [1.165, 1.54) is 45.6 Å². The van der Waals surface area contributed by atoms with Crippen molar-refractivity contribution in [3.63, 3.8) is 0 Å². The van der Waals surface area contributed by atoms with Gasteiger partial charge in [-0.3, -0.25) is 9.59 Å². The van der Waals surface area contributed by atoms with Gasteiger partial charge in [0.05, 0.1) is 27.0 Å². The van der Waals surface area contributed by atoms with E-state index in [1.54, 1.807) is 18.2 Å². The molecule has 0 aliphatic heterocycles. The molecule has 158 valence electrons. The molecule has 2 aromatic rings. The molecule has 0 unspecified atom stereocenters. The van der Waals surface area contributed by atoms with Crippen molar-refractivity contribution in [2.24, 2.45) is 5.92 Å². The van der Waals surface area contributed by atoms with Gasteiger partial charge in [-0.15, -0.1) is 0 Å². The van der Waals surface area contributed by atoms with Crippen LogP contribution in [-0.2, 0) is 9.59 Å². The summed E-state index contributed by atoms with van der Waals surface area (Å²) in [5.74, 6) is 0.139. The Labute approximate surface area is 173 Å². The molecule has 0 bridgehead atoms. The molecule has 0 saturated heterocycles. The Hall–Kier alpha value is -3.55. The van der Waals surface area contributed by atoms with Crippen molar-refractivity contribution in [2.75, 3.05) is 32.0 Å². The van der Waals surface area contributed by atoms with E-state index in [9.17, 15) is 14.0 Å². The van der Waals surface area contributed by atoms with Crippen LogP contribution in [0.5, 0.6) is 17.2 Å². The molecule has 1 aliphatic rings. The predicted octanol–water partition coefficient (Wildman–Crippen LogP) is 3.85. The molecule has 1 aliphatic carbocycles. The lowest BCUT2D eigenvalue weighted by molar-refractivity contribution is -0.117. The highest BCUT2D eigenvalue weighted by Gasteiger charge is 2.30. The third kappa shape index (κ3) is 5.08. The largest absolute Gasteiger partial charge is 0.493 e. The van der Waals surface area contributed by atoms with Gasteiger partial charge < -0.3 is 24.8 Å². The van der Waals surface area contributed by atoms with Crippen molar-refractivity contribution in [3.05, 3.63) is 47.8 Å². The van der Waals surface area contributed by atoms with Gasteiger partial charge in [0.2, 0.25) is 17.6 Å². The van der Waals surface area contributed by atoms with Gasteiger partial charge in [-0.2, -0.15) is 0 Å². The zero-order valence-corrected chi connectivity index (χ0v) is 17.0. The van der Waals surface area contributed by atoms with Crippen LogP contribution in [0.3, 0.4) is 0 Å². The smallest absolute Gasteiger partial charge is 0.248 e. The van der Waals surface area contributed by atoms with E-state index in [-0.39, 0.29) is 17.5 Å². The van der Waals surface area contributed by atoms with E-state index in [1.807, 2.05) is 0 Å². The second kappa shape index (κ2) is 9.30. The van der Waals surface area contributed by atoms with Crippen molar-refractivity contribution in [1.29, 1.82) is 0 Å². The number of halogens is 1. The van der Waals surface area contributed by atoms with E-state index in [0.717, 1.165) is 12.8 Å². The molecule has 0 heterocycles. The maximum Gasteiger partial charge on any atom is 0.248 e. The molecule has 1 fully saturated rings. The van der Waals surface area contributed by atoms with Crippen molar-refractivity contribution in [2.45, 2.75) is 12.8 Å². The van der Waals surface area contributed by atoms with Crippen LogP contribution >= 0.6 is 0 Å². The Morgan fingerprint density at radius 2 is 1.67 bits per heavy atom. The van der Waals surface area contributed by atoms with Crippen LogP contribution in [-0.4, -0.2) is 33.1 Å². The van der Waals surface area contributed by atoms with Crippen molar-refractivity contribution >= 4 is 29.3 Å². The van der Waals surface area contributed by atoms with E-state index in [4.69, 9.17) is 14.2 Å². The normalized spacial score (nSPS) is 13.1. The highest BCUT2D eigenvalue weighted by molar-refractivity contribution is 6.02. The number of nitrogens with one attached hydrogen (secondary N) is 2. The van der Waals surface area contributed by atoms with Crippen LogP contribution in [0, 0.1) is 11.7 Å². The van der Waals surface area contributed by atoms with E-state index in [2.05, 4.69) is 10.6 Å². The fraction of sp³-hybridized carbons (Fsp3) is 0.273. The fourth-order valence-corrected chi connectivity index (χ4v) is 2.83. The summed E-state index contributed by atoms with van der Waals surface area (Å²) in [4.78, 5) is 24.2. The van der Waals surface area contributed by atoms with Crippen LogP contribution in [0.1, 0.15) is 18.4 Å². The molecule has 7 nitrogen and oxygen atoms in total. The van der Waals surface area contributed by atoms with Crippen molar-refractivity contribution in [1.82, 2.24) is 0 Å². The number of rotatable bonds is 8. The van der Waals surface area contributed by atoms with Gasteiger partial charge in [-0.1, -0.05) is 0 Å². The zero-order chi connectivity index (χ0) is 21.7. The van der Waals surface area contributed by atoms with Gasteiger partial charge in [0.1, 0.15) is 5.82 Å². The molecule has 1 saturated carbocycles. The number of anilines is 2. The summed E-state index contributed by atoms with van der Waals surface area (Å²) in [6.07, 6.45) is 4.54. The van der Waals surface area contributed by atoms with Crippen LogP contribution in [0.4, 0.5) is 15.8 Å². The van der Waals surface area contributed by atoms with Gasteiger partial charge >= 0.3 is 0 Å². The highest BCUT2D eigenvalue weighted by atomic mass is 19.1. The van der Waals surface area contributed by atoms with Gasteiger partial charge in [0.15, 0.2) is 11.5 Å². The predicted molar refractivity (Wildman–Crippen MR) is 112 cm³/mol. The van der Waals surface area contributed by atoms with Crippen LogP contribution in [0.2, 0.25) is 0 Å². The number of carbonyl (C=O) groups excluding carboxylic acids is 2. The summed E-state index contributed by atoms with van der Waals surface area (Å²) in [5, 5.41) is 5.20. The Balaban J connectivity index is 1.71. The topological polar surface area (TPSA) is 85.9 Å². The first-order valence-corrected chi connectivity index (χ1v) is 9.34. The maximum absolute atomic E-state index is 13.9. The second-order valence-electron chi connectivity index (χ2n) is 6.74. The zero-order valence-electron chi connectivity index (χ0n) is 17.0. The average molecular weight is 414 g/mol. The molecule has 30 heavy (non-hydrogen) atoms. The third-order valence-electron chi connectivity index (χ3n) is 4.55. The van der Waals surface area contributed by atoms with Crippen LogP contribution in [0.25, 0.3) is 6.08 Å². The Morgan fingerprint density at radius 3 is 2.23 bits per heavy atom. The lowest BCUT2D eigenvalue weighted by atomic mass is 10.1. The highest BCUT2D eigenvalue weighted by Crippen LogP contribution is 2.38. The first kappa shape index (κ1) is 21.2. The first-order chi connectivity index (χ1) is 14.4. The van der Waals surface area contributed by atoms with E-state index >= 15 is 0 Å². The van der Waals surface area contributed by atoms with Gasteiger partial charge in [-0.25, -0.2) is 4.39 Å². The minimum Gasteiger partial charge on any atom is -0.493 e. The van der Waals surface area contributed by atoms with Crippen molar-refractivity contribution in [3.8, 4) is 17.2 Å².